The summed E-state index contributed by atoms with van der Waals surface area (Å²) in [5.41, 5.74) is -0.911. The highest BCUT2D eigenvalue weighted by Crippen LogP contribution is 2.37. The van der Waals surface area contributed by atoms with Gasteiger partial charge in [0.25, 0.3) is 0 Å². The van der Waals surface area contributed by atoms with Crippen molar-refractivity contribution < 1.29 is 14.3 Å². The molecule has 0 heterocycles. The van der Waals surface area contributed by atoms with Gasteiger partial charge in [-0.25, -0.2) is 4.79 Å². The molecule has 27 heavy (non-hydrogen) atoms. The standard InChI is InChI=1S/C21H33ClO3Si2/c1-9-11-18(27(6,7)8)19(23)21(2,15-26(3,4)5)25-20(24)16-12-10-13-17(22)14-16/h9-10,12-14,18H,1,11,15H2,2-8H3. The van der Waals surface area contributed by atoms with Gasteiger partial charge in [-0.15, -0.1) is 6.58 Å². The van der Waals surface area contributed by atoms with Gasteiger partial charge in [0.05, 0.1) is 13.6 Å². The lowest BCUT2D eigenvalue weighted by molar-refractivity contribution is -0.135. The van der Waals surface area contributed by atoms with Gasteiger partial charge in [-0.3, -0.25) is 4.79 Å². The van der Waals surface area contributed by atoms with E-state index in [2.05, 4.69) is 45.9 Å². The van der Waals surface area contributed by atoms with Crippen LogP contribution in [0.2, 0.25) is 55.9 Å². The summed E-state index contributed by atoms with van der Waals surface area (Å²) in [6.07, 6.45) is 2.42. The Morgan fingerprint density at radius 1 is 1.22 bits per heavy atom. The van der Waals surface area contributed by atoms with Gasteiger partial charge in [-0.05, 0) is 37.6 Å². The van der Waals surface area contributed by atoms with E-state index in [9.17, 15) is 9.59 Å². The van der Waals surface area contributed by atoms with E-state index in [1.807, 2.05) is 0 Å². The smallest absolute Gasteiger partial charge is 0.339 e. The monoisotopic (exact) mass is 424 g/mol. The number of carbonyl (C=O) groups excluding carboxylic acids is 2. The predicted octanol–water partition coefficient (Wildman–Crippen LogP) is 6.45. The molecule has 150 valence electrons. The Kier molecular flexibility index (Phi) is 7.85. The summed E-state index contributed by atoms with van der Waals surface area (Å²) in [5, 5.41) is 0.467. The molecule has 0 aliphatic heterocycles. The van der Waals surface area contributed by atoms with Crippen LogP contribution in [0, 0.1) is 0 Å². The minimum atomic E-state index is -1.81. The number of benzene rings is 1. The van der Waals surface area contributed by atoms with E-state index in [0.29, 0.717) is 23.1 Å². The number of Topliss-reactive ketones (excluding diaryl/α,β-unsaturated/α-hetero) is 1. The van der Waals surface area contributed by atoms with Crippen molar-refractivity contribution in [3.8, 4) is 0 Å². The van der Waals surface area contributed by atoms with E-state index in [0.717, 1.165) is 0 Å². The Labute approximate surface area is 171 Å². The first-order valence-corrected chi connectivity index (χ1v) is 17.0. The third kappa shape index (κ3) is 7.05. The molecule has 2 unspecified atom stereocenters. The zero-order chi connectivity index (χ0) is 21.0. The number of halogens is 1. The average molecular weight is 425 g/mol. The largest absolute Gasteiger partial charge is 0.448 e. The van der Waals surface area contributed by atoms with Crippen LogP contribution < -0.4 is 0 Å². The maximum Gasteiger partial charge on any atom is 0.339 e. The molecule has 0 N–H and O–H groups in total. The molecular formula is C21H33ClO3Si2. The molecule has 1 aromatic carbocycles. The fraction of sp³-hybridized carbons (Fsp3) is 0.524. The summed E-state index contributed by atoms with van der Waals surface area (Å²) in [6, 6.07) is 7.23. The molecule has 0 saturated heterocycles. The van der Waals surface area contributed by atoms with E-state index in [-0.39, 0.29) is 11.3 Å². The molecule has 6 heteroatoms. The number of hydrogen-bond acceptors (Lipinski definition) is 3. The summed E-state index contributed by atoms with van der Waals surface area (Å²) in [7, 11) is -3.51. The Morgan fingerprint density at radius 2 is 1.81 bits per heavy atom. The summed E-state index contributed by atoms with van der Waals surface area (Å²) in [5.74, 6) is -0.473. The fourth-order valence-electron chi connectivity index (χ4n) is 3.45. The van der Waals surface area contributed by atoms with Crippen LogP contribution in [0.1, 0.15) is 23.7 Å². The first-order chi connectivity index (χ1) is 12.2. The molecule has 0 amide bonds. The molecule has 0 fully saturated rings. The van der Waals surface area contributed by atoms with Crippen LogP contribution in [0.25, 0.3) is 0 Å². The lowest BCUT2D eigenvalue weighted by Gasteiger charge is -2.38. The Balaban J connectivity index is 3.29. The molecule has 0 bridgehead atoms. The van der Waals surface area contributed by atoms with Gasteiger partial charge in [0.1, 0.15) is 0 Å². The number of esters is 1. The van der Waals surface area contributed by atoms with Crippen LogP contribution >= 0.6 is 11.6 Å². The Morgan fingerprint density at radius 3 is 2.26 bits per heavy atom. The van der Waals surface area contributed by atoms with Gasteiger partial charge in [-0.1, -0.05) is 63.0 Å². The van der Waals surface area contributed by atoms with E-state index in [1.54, 1.807) is 37.3 Å². The van der Waals surface area contributed by atoms with Gasteiger partial charge >= 0.3 is 5.97 Å². The summed E-state index contributed by atoms with van der Waals surface area (Å²) in [6.45, 7) is 18.7. The highest BCUT2D eigenvalue weighted by Gasteiger charge is 2.47. The number of ether oxygens (including phenoxy) is 1. The molecule has 3 nitrogen and oxygen atoms in total. The van der Waals surface area contributed by atoms with Crippen molar-refractivity contribution in [3.63, 3.8) is 0 Å². The van der Waals surface area contributed by atoms with Crippen molar-refractivity contribution in [2.24, 2.45) is 0 Å². The SMILES string of the molecule is C=CCC(C(=O)C(C)(C[Si](C)(C)C)OC(=O)c1cccc(Cl)c1)[Si](C)(C)C. The van der Waals surface area contributed by atoms with Crippen LogP contribution in [-0.2, 0) is 9.53 Å². The molecular weight excluding hydrogens is 392 g/mol. The van der Waals surface area contributed by atoms with Crippen LogP contribution in [0.3, 0.4) is 0 Å². The van der Waals surface area contributed by atoms with Crippen molar-refractivity contribution in [1.82, 2.24) is 0 Å². The number of hydrogen-bond donors (Lipinski definition) is 0. The third-order valence-electron chi connectivity index (χ3n) is 4.53. The van der Waals surface area contributed by atoms with E-state index >= 15 is 0 Å². The summed E-state index contributed by atoms with van der Waals surface area (Å²) >= 11 is 6.01. The molecule has 0 aromatic heterocycles. The zero-order valence-corrected chi connectivity index (χ0v) is 20.4. The highest BCUT2D eigenvalue weighted by atomic mass is 35.5. The second-order valence-corrected chi connectivity index (χ2v) is 21.0. The molecule has 1 aromatic rings. The number of carbonyl (C=O) groups is 2. The van der Waals surface area contributed by atoms with Gasteiger partial charge in [0.2, 0.25) is 0 Å². The first kappa shape index (κ1) is 23.9. The topological polar surface area (TPSA) is 43.4 Å². The lowest BCUT2D eigenvalue weighted by atomic mass is 9.98. The van der Waals surface area contributed by atoms with Crippen LogP contribution in [0.5, 0.6) is 0 Å². The maximum absolute atomic E-state index is 13.6. The van der Waals surface area contributed by atoms with Crippen molar-refractivity contribution in [2.75, 3.05) is 0 Å². The number of rotatable bonds is 9. The zero-order valence-electron chi connectivity index (χ0n) is 17.7. The fourth-order valence-corrected chi connectivity index (χ4v) is 7.88. The molecule has 0 spiro atoms. The first-order valence-electron chi connectivity index (χ1n) is 9.34. The predicted molar refractivity (Wildman–Crippen MR) is 120 cm³/mol. The van der Waals surface area contributed by atoms with E-state index in [1.165, 1.54) is 0 Å². The van der Waals surface area contributed by atoms with Crippen LogP contribution in [0.4, 0.5) is 0 Å². The molecule has 1 rings (SSSR count). The van der Waals surface area contributed by atoms with Gasteiger partial charge in [0, 0.05) is 18.6 Å². The maximum atomic E-state index is 13.6. The third-order valence-corrected chi connectivity index (χ3v) is 9.09. The van der Waals surface area contributed by atoms with Crippen molar-refractivity contribution in [1.29, 1.82) is 0 Å². The molecule has 0 radical (unpaired) electrons. The van der Waals surface area contributed by atoms with Crippen molar-refractivity contribution in [3.05, 3.63) is 47.5 Å². The minimum absolute atomic E-state index is 0.0272. The average Bonchev–Trinajstić information content (AvgIpc) is 2.48. The molecule has 0 saturated carbocycles. The van der Waals surface area contributed by atoms with Crippen molar-refractivity contribution in [2.45, 2.75) is 69.8 Å². The van der Waals surface area contributed by atoms with Crippen molar-refractivity contribution >= 4 is 39.5 Å². The van der Waals surface area contributed by atoms with E-state index < -0.39 is 27.7 Å². The number of allylic oxidation sites excluding steroid dienone is 1. The van der Waals surface area contributed by atoms with Crippen LogP contribution in [0.15, 0.2) is 36.9 Å². The Bertz CT molecular complexity index is 704. The Hall–Kier alpha value is -1.18. The normalized spacial score (nSPS) is 15.6. The van der Waals surface area contributed by atoms with Gasteiger partial charge in [0.15, 0.2) is 11.4 Å². The second kappa shape index (κ2) is 8.88. The molecule has 2 atom stereocenters. The highest BCUT2D eigenvalue weighted by molar-refractivity contribution is 6.81. The minimum Gasteiger partial charge on any atom is -0.448 e. The lowest BCUT2D eigenvalue weighted by Crippen LogP contribution is -2.51. The molecule has 0 aliphatic rings. The van der Waals surface area contributed by atoms with Crippen LogP contribution in [-0.4, -0.2) is 33.5 Å². The molecule has 0 aliphatic carbocycles. The second-order valence-electron chi connectivity index (χ2n) is 9.68. The van der Waals surface area contributed by atoms with Gasteiger partial charge < -0.3 is 4.74 Å². The van der Waals surface area contributed by atoms with Gasteiger partial charge in [-0.2, -0.15) is 0 Å². The quantitative estimate of drug-likeness (QED) is 0.260. The summed E-state index contributed by atoms with van der Waals surface area (Å²) in [4.78, 5) is 26.4. The number of ketones is 1. The van der Waals surface area contributed by atoms with E-state index in [4.69, 9.17) is 16.3 Å². The summed E-state index contributed by atoms with van der Waals surface area (Å²) < 4.78 is 5.91.